The van der Waals surface area contributed by atoms with Gasteiger partial charge in [-0.2, -0.15) is 0 Å². The number of esters is 1. The molecule has 1 rings (SSSR count). The largest absolute Gasteiger partial charge is 0.462 e. The average Bonchev–Trinajstić information content (AvgIpc) is 2.70. The van der Waals surface area contributed by atoms with Crippen molar-refractivity contribution < 1.29 is 14.3 Å². The maximum Gasteiger partial charge on any atom is 0.350 e. The number of carbonyl (C=O) groups is 2. The van der Waals surface area contributed by atoms with Crippen LogP contribution in [-0.4, -0.2) is 29.5 Å². The minimum Gasteiger partial charge on any atom is -0.462 e. The minimum atomic E-state index is -0.372. The van der Waals surface area contributed by atoms with Crippen LogP contribution in [0.5, 0.6) is 0 Å². The van der Waals surface area contributed by atoms with E-state index in [1.807, 2.05) is 6.92 Å². The van der Waals surface area contributed by atoms with Crippen LogP contribution in [0.15, 0.2) is 0 Å². The number of nitrogens with one attached hydrogen (secondary N) is 1. The molecule has 0 fully saturated rings. The normalized spacial score (nSPS) is 13.0. The van der Waals surface area contributed by atoms with Gasteiger partial charge >= 0.3 is 5.97 Å². The van der Waals surface area contributed by atoms with E-state index in [0.29, 0.717) is 22.2 Å². The molecule has 1 amide bonds. The molecule has 1 aromatic rings. The van der Waals surface area contributed by atoms with Gasteiger partial charge in [-0.15, -0.1) is 23.7 Å². The highest BCUT2D eigenvalue weighted by molar-refractivity contribution is 7.13. The highest BCUT2D eigenvalue weighted by Crippen LogP contribution is 2.24. The van der Waals surface area contributed by atoms with Crippen molar-refractivity contribution in [1.82, 2.24) is 10.3 Å². The number of rotatable bonds is 6. The van der Waals surface area contributed by atoms with Crippen LogP contribution in [0.4, 0.5) is 0 Å². The molecule has 1 heterocycles. The van der Waals surface area contributed by atoms with Crippen LogP contribution in [0.3, 0.4) is 0 Å². The van der Waals surface area contributed by atoms with E-state index in [1.165, 1.54) is 11.3 Å². The summed E-state index contributed by atoms with van der Waals surface area (Å²) in [6.45, 7) is 7.43. The zero-order chi connectivity index (χ0) is 15.3. The number of nitrogens with zero attached hydrogens (tertiary/aromatic N) is 1. The van der Waals surface area contributed by atoms with Crippen molar-refractivity contribution in [3.8, 4) is 0 Å². The van der Waals surface area contributed by atoms with E-state index in [9.17, 15) is 9.59 Å². The van der Waals surface area contributed by atoms with Gasteiger partial charge in [0.25, 0.3) is 0 Å². The van der Waals surface area contributed by atoms with E-state index in [-0.39, 0.29) is 42.8 Å². The molecule has 0 bridgehead atoms. The van der Waals surface area contributed by atoms with Crippen LogP contribution < -0.4 is 11.1 Å². The van der Waals surface area contributed by atoms with Gasteiger partial charge in [-0.05, 0) is 27.7 Å². The van der Waals surface area contributed by atoms with Crippen LogP contribution in [0.2, 0.25) is 0 Å². The van der Waals surface area contributed by atoms with Crippen molar-refractivity contribution in [1.29, 1.82) is 0 Å². The second-order valence-electron chi connectivity index (χ2n) is 4.66. The van der Waals surface area contributed by atoms with Gasteiger partial charge in [0.15, 0.2) is 0 Å². The zero-order valence-electron chi connectivity index (χ0n) is 12.6. The van der Waals surface area contributed by atoms with E-state index in [0.717, 1.165) is 0 Å². The van der Waals surface area contributed by atoms with E-state index in [1.54, 1.807) is 20.8 Å². The van der Waals surface area contributed by atoms with Gasteiger partial charge in [0, 0.05) is 12.5 Å². The number of carbonyl (C=O) groups excluding carboxylic acids is 2. The molecule has 0 aliphatic rings. The second kappa shape index (κ2) is 8.96. The maximum absolute atomic E-state index is 11.7. The Bertz CT molecular complexity index is 491. The highest BCUT2D eigenvalue weighted by atomic mass is 35.5. The van der Waals surface area contributed by atoms with E-state index in [4.69, 9.17) is 10.5 Å². The molecule has 120 valence electrons. The van der Waals surface area contributed by atoms with Gasteiger partial charge in [-0.3, -0.25) is 4.79 Å². The molecule has 1 aromatic heterocycles. The molecule has 0 aliphatic carbocycles. The standard InChI is InChI=1S/C13H21N3O3S.ClH/c1-5-19-13(18)11-8(3)16-12(20-11)9(4)15-10(17)6-7(2)14;/h7,9H,5-6,14H2,1-4H3,(H,15,17);1H. The Balaban J connectivity index is 0.00000400. The number of amides is 1. The predicted molar refractivity (Wildman–Crippen MR) is 84.9 cm³/mol. The molecule has 0 spiro atoms. The summed E-state index contributed by atoms with van der Waals surface area (Å²) in [6, 6.07) is -0.441. The van der Waals surface area contributed by atoms with Crippen molar-refractivity contribution in [2.45, 2.75) is 46.2 Å². The van der Waals surface area contributed by atoms with E-state index in [2.05, 4.69) is 10.3 Å². The Kier molecular flexibility index (Phi) is 8.46. The van der Waals surface area contributed by atoms with Gasteiger partial charge in [0.2, 0.25) is 5.91 Å². The van der Waals surface area contributed by atoms with Crippen LogP contribution in [0.25, 0.3) is 0 Å². The first kappa shape index (κ1) is 19.8. The third-order valence-electron chi connectivity index (χ3n) is 2.53. The molecule has 2 unspecified atom stereocenters. The monoisotopic (exact) mass is 335 g/mol. The second-order valence-corrected chi connectivity index (χ2v) is 5.69. The molecule has 0 saturated carbocycles. The maximum atomic E-state index is 11.7. The topological polar surface area (TPSA) is 94.3 Å². The number of hydrogen-bond donors (Lipinski definition) is 2. The molecule has 0 radical (unpaired) electrons. The molecule has 6 nitrogen and oxygen atoms in total. The van der Waals surface area contributed by atoms with Crippen molar-refractivity contribution in [3.63, 3.8) is 0 Å². The fourth-order valence-electron chi connectivity index (χ4n) is 1.64. The number of hydrogen-bond acceptors (Lipinski definition) is 6. The summed E-state index contributed by atoms with van der Waals surface area (Å²) >= 11 is 1.24. The molecule has 21 heavy (non-hydrogen) atoms. The Morgan fingerprint density at radius 1 is 1.43 bits per heavy atom. The highest BCUT2D eigenvalue weighted by Gasteiger charge is 2.20. The SMILES string of the molecule is CCOC(=O)c1sc(C(C)NC(=O)CC(C)N)nc1C.Cl. The molecule has 2 atom stereocenters. The molecule has 0 saturated heterocycles. The summed E-state index contributed by atoms with van der Waals surface area (Å²) in [5, 5.41) is 3.50. The number of thiazole rings is 1. The number of nitrogens with two attached hydrogens (primary N) is 1. The lowest BCUT2D eigenvalue weighted by Gasteiger charge is -2.12. The first-order valence-electron chi connectivity index (χ1n) is 6.54. The van der Waals surface area contributed by atoms with Crippen molar-refractivity contribution in [2.24, 2.45) is 5.73 Å². The third kappa shape index (κ3) is 5.99. The van der Waals surface area contributed by atoms with Crippen molar-refractivity contribution in [3.05, 3.63) is 15.6 Å². The van der Waals surface area contributed by atoms with E-state index >= 15 is 0 Å². The fourth-order valence-corrected chi connectivity index (χ4v) is 2.61. The summed E-state index contributed by atoms with van der Waals surface area (Å²) in [6.07, 6.45) is 0.263. The lowest BCUT2D eigenvalue weighted by Crippen LogP contribution is -2.31. The van der Waals surface area contributed by atoms with Crippen LogP contribution in [0.1, 0.15) is 53.6 Å². The lowest BCUT2D eigenvalue weighted by atomic mass is 10.2. The van der Waals surface area contributed by atoms with Gasteiger partial charge in [0.1, 0.15) is 9.88 Å². The Hall–Kier alpha value is -1.18. The Morgan fingerprint density at radius 3 is 2.57 bits per heavy atom. The smallest absolute Gasteiger partial charge is 0.350 e. The number of aromatic nitrogens is 1. The first-order valence-corrected chi connectivity index (χ1v) is 7.36. The number of ether oxygens (including phenoxy) is 1. The third-order valence-corrected chi connectivity index (χ3v) is 3.85. The Morgan fingerprint density at radius 2 is 2.05 bits per heavy atom. The van der Waals surface area contributed by atoms with Gasteiger partial charge in [-0.1, -0.05) is 0 Å². The summed E-state index contributed by atoms with van der Waals surface area (Å²) < 4.78 is 4.96. The summed E-state index contributed by atoms with van der Waals surface area (Å²) in [4.78, 5) is 28.2. The van der Waals surface area contributed by atoms with E-state index < -0.39 is 0 Å². The summed E-state index contributed by atoms with van der Waals surface area (Å²) in [7, 11) is 0. The minimum absolute atomic E-state index is 0. The van der Waals surface area contributed by atoms with Gasteiger partial charge in [0.05, 0.1) is 18.3 Å². The quantitative estimate of drug-likeness (QED) is 0.775. The lowest BCUT2D eigenvalue weighted by molar-refractivity contribution is -0.122. The molecular weight excluding hydrogens is 314 g/mol. The van der Waals surface area contributed by atoms with Crippen molar-refractivity contribution in [2.75, 3.05) is 6.61 Å². The predicted octanol–water partition coefficient (Wildman–Crippen LogP) is 1.96. The molecular formula is C13H22ClN3O3S. The average molecular weight is 336 g/mol. The molecule has 3 N–H and O–H groups in total. The molecule has 0 aliphatic heterocycles. The zero-order valence-corrected chi connectivity index (χ0v) is 14.3. The Labute approximate surface area is 134 Å². The summed E-state index contributed by atoms with van der Waals surface area (Å²) in [5.74, 6) is -0.499. The van der Waals surface area contributed by atoms with Gasteiger partial charge < -0.3 is 15.8 Å². The van der Waals surface area contributed by atoms with Crippen LogP contribution in [0, 0.1) is 6.92 Å². The van der Waals surface area contributed by atoms with Gasteiger partial charge in [-0.25, -0.2) is 9.78 Å². The molecule has 0 aromatic carbocycles. The number of aryl methyl sites for hydroxylation is 1. The molecule has 8 heteroatoms. The number of halogens is 1. The van der Waals surface area contributed by atoms with Crippen LogP contribution in [-0.2, 0) is 9.53 Å². The fraction of sp³-hybridized carbons (Fsp3) is 0.615. The van der Waals surface area contributed by atoms with Crippen LogP contribution >= 0.6 is 23.7 Å². The summed E-state index contributed by atoms with van der Waals surface area (Å²) in [5.41, 5.74) is 6.20. The first-order chi connectivity index (χ1) is 9.35. The van der Waals surface area contributed by atoms with Crippen molar-refractivity contribution >= 4 is 35.6 Å².